The van der Waals surface area contributed by atoms with Crippen molar-refractivity contribution in [1.82, 2.24) is 4.81 Å². The Bertz CT molecular complexity index is 251. The second kappa shape index (κ2) is 3.39. The first kappa shape index (κ1) is 10.1. The second-order valence-corrected chi connectivity index (χ2v) is 2.36. The molecule has 0 saturated carbocycles. The normalized spacial score (nSPS) is 17.3. The molecule has 2 N–H and O–H groups in total. The van der Waals surface area contributed by atoms with Gasteiger partial charge in [0.2, 0.25) is 0 Å². The van der Waals surface area contributed by atoms with Gasteiger partial charge in [-0.05, 0) is 12.3 Å². The molecule has 0 unspecified atom stereocenters. The maximum Gasteiger partial charge on any atom is 0.588 e. The summed E-state index contributed by atoms with van der Waals surface area (Å²) in [6.45, 7) is -0.414. The van der Waals surface area contributed by atoms with Crippen LogP contribution in [0.3, 0.4) is 0 Å². The molecule has 0 bridgehead atoms. The highest BCUT2D eigenvalue weighted by Gasteiger charge is 2.35. The van der Waals surface area contributed by atoms with Crippen molar-refractivity contribution in [1.29, 1.82) is 0 Å². The minimum absolute atomic E-state index is 0.414. The topological polar surface area (TPSA) is 56.1 Å². The van der Waals surface area contributed by atoms with Crippen molar-refractivity contribution in [2.45, 2.75) is 6.18 Å². The fourth-order valence-corrected chi connectivity index (χ4v) is 0.758. The molecule has 0 aromatic carbocycles. The summed E-state index contributed by atoms with van der Waals surface area (Å²) in [5.74, 6) is 0. The van der Waals surface area contributed by atoms with Gasteiger partial charge in [0, 0.05) is 0 Å². The summed E-state index contributed by atoms with van der Waals surface area (Å²) in [4.78, 5) is 3.96. The summed E-state index contributed by atoms with van der Waals surface area (Å²) in [5.41, 5.74) is -1.02. The van der Waals surface area contributed by atoms with Gasteiger partial charge >= 0.3 is 13.4 Å². The van der Waals surface area contributed by atoms with Gasteiger partial charge in [0.25, 0.3) is 0 Å². The molecule has 1 rings (SSSR count). The smallest absolute Gasteiger partial charge is 0.408 e. The minimum Gasteiger partial charge on any atom is -0.408 e. The summed E-state index contributed by atoms with van der Waals surface area (Å²) in [6.07, 6.45) is -2.87. The monoisotopic (exact) mass is 194 g/mol. The molecule has 1 aliphatic heterocycles. The van der Waals surface area contributed by atoms with Crippen LogP contribution in [-0.2, 0) is 0 Å². The van der Waals surface area contributed by atoms with Crippen LogP contribution in [0.2, 0.25) is 0 Å². The predicted molar refractivity (Wildman–Crippen MR) is 39.5 cm³/mol. The summed E-state index contributed by atoms with van der Waals surface area (Å²) in [6, 6.07) is 0. The van der Waals surface area contributed by atoms with Crippen LogP contribution in [0.1, 0.15) is 0 Å². The second-order valence-electron chi connectivity index (χ2n) is 2.36. The van der Waals surface area contributed by atoms with Gasteiger partial charge < -0.3 is 14.9 Å². The van der Waals surface area contributed by atoms with Crippen molar-refractivity contribution >= 4 is 13.0 Å². The van der Waals surface area contributed by atoms with E-state index in [0.29, 0.717) is 6.08 Å². The highest BCUT2D eigenvalue weighted by atomic mass is 19.4. The van der Waals surface area contributed by atoms with Crippen LogP contribution < -0.4 is 0 Å². The molecule has 1 aliphatic rings. The Labute approximate surface area is 72.2 Å². The molecule has 0 atom stereocenters. The van der Waals surface area contributed by atoms with Gasteiger partial charge in [-0.15, -0.1) is 0 Å². The van der Waals surface area contributed by atoms with E-state index in [-0.39, 0.29) is 0 Å². The molecule has 72 valence electrons. The average molecular weight is 194 g/mol. The van der Waals surface area contributed by atoms with Crippen molar-refractivity contribution in [2.24, 2.45) is 4.99 Å². The first-order chi connectivity index (χ1) is 5.91. The number of aliphatic imine (C=N–C) groups is 1. The highest BCUT2D eigenvalue weighted by molar-refractivity contribution is 6.38. The van der Waals surface area contributed by atoms with E-state index < -0.39 is 25.8 Å². The molecule has 0 aliphatic carbocycles. The zero-order valence-electron chi connectivity index (χ0n) is 6.36. The fraction of sp³-hybridized carbons (Fsp3) is 0.400. The fourth-order valence-electron chi connectivity index (χ4n) is 0.758. The summed E-state index contributed by atoms with van der Waals surface area (Å²) >= 11 is 0. The first-order valence-electron chi connectivity index (χ1n) is 3.33. The molecule has 8 heteroatoms. The molecular weight excluding hydrogens is 188 g/mol. The summed E-state index contributed by atoms with van der Waals surface area (Å²) < 4.78 is 35.8. The molecule has 0 saturated heterocycles. The lowest BCUT2D eigenvalue weighted by Gasteiger charge is -2.21. The molecule has 1 heterocycles. The number of hydrogen-bond acceptors (Lipinski definition) is 4. The quantitative estimate of drug-likeness (QED) is 0.565. The van der Waals surface area contributed by atoms with Crippen molar-refractivity contribution in [3.63, 3.8) is 0 Å². The number of nitrogens with zero attached hydrogens (tertiary/aromatic N) is 2. The van der Waals surface area contributed by atoms with E-state index in [1.54, 1.807) is 0 Å². The summed E-state index contributed by atoms with van der Waals surface area (Å²) in [5, 5.41) is 17.1. The van der Waals surface area contributed by atoms with Crippen LogP contribution in [0.5, 0.6) is 0 Å². The largest absolute Gasteiger partial charge is 0.588 e. The Kier molecular flexibility index (Phi) is 2.62. The number of alkyl halides is 3. The number of halogens is 3. The lowest BCUT2D eigenvalue weighted by Crippen LogP contribution is -2.39. The van der Waals surface area contributed by atoms with E-state index in [4.69, 9.17) is 10.0 Å². The van der Waals surface area contributed by atoms with Gasteiger partial charge in [0.1, 0.15) is 12.4 Å². The molecule has 0 spiro atoms. The van der Waals surface area contributed by atoms with Crippen molar-refractivity contribution < 1.29 is 23.2 Å². The van der Waals surface area contributed by atoms with Gasteiger partial charge in [-0.3, -0.25) is 4.99 Å². The van der Waals surface area contributed by atoms with Crippen LogP contribution in [0.25, 0.3) is 0 Å². The van der Waals surface area contributed by atoms with E-state index >= 15 is 0 Å². The zero-order valence-corrected chi connectivity index (χ0v) is 6.36. The third-order valence-electron chi connectivity index (χ3n) is 1.42. The lowest BCUT2D eigenvalue weighted by atomic mass is 10.1. The van der Waals surface area contributed by atoms with Crippen molar-refractivity contribution in [2.75, 3.05) is 6.67 Å². The maximum atomic E-state index is 11.9. The molecule has 0 aromatic heterocycles. The first-order valence-corrected chi connectivity index (χ1v) is 3.33. The van der Waals surface area contributed by atoms with Gasteiger partial charge in [0.05, 0.1) is 0 Å². The van der Waals surface area contributed by atoms with Crippen LogP contribution in [0, 0.1) is 0 Å². The number of allylic oxidation sites excluding steroid dienone is 1. The Morgan fingerprint density at radius 2 is 2.08 bits per heavy atom. The van der Waals surface area contributed by atoms with Crippen molar-refractivity contribution in [3.05, 3.63) is 12.3 Å². The van der Waals surface area contributed by atoms with Crippen LogP contribution in [0.15, 0.2) is 17.3 Å². The van der Waals surface area contributed by atoms with E-state index in [2.05, 4.69) is 4.99 Å². The number of rotatable bonds is 1. The maximum absolute atomic E-state index is 11.9. The molecule has 13 heavy (non-hydrogen) atoms. The Hall–Kier alpha value is -1.02. The summed E-state index contributed by atoms with van der Waals surface area (Å²) in [7, 11) is -1.82. The standard InChI is InChI=1S/C5H6BF3N2O2/c7-5(8,9)4-1-2-11(3-10-4)6(12)13/h1-2,12-13H,3H2. The van der Waals surface area contributed by atoms with Crippen molar-refractivity contribution in [3.8, 4) is 0 Å². The lowest BCUT2D eigenvalue weighted by molar-refractivity contribution is -0.0582. The van der Waals surface area contributed by atoms with E-state index in [0.717, 1.165) is 11.0 Å². The van der Waals surface area contributed by atoms with Gasteiger partial charge in [0.15, 0.2) is 0 Å². The zero-order chi connectivity index (χ0) is 10.1. The molecule has 0 radical (unpaired) electrons. The van der Waals surface area contributed by atoms with Crippen LogP contribution >= 0.6 is 0 Å². The molecule has 4 nitrogen and oxygen atoms in total. The molecular formula is C5H6BF3N2O2. The number of hydrogen-bond donors (Lipinski definition) is 2. The van der Waals surface area contributed by atoms with E-state index in [9.17, 15) is 13.2 Å². The molecule has 0 fully saturated rings. The third-order valence-corrected chi connectivity index (χ3v) is 1.42. The predicted octanol–water partition coefficient (Wildman–Crippen LogP) is -0.254. The molecule has 0 amide bonds. The SMILES string of the molecule is OB(O)N1C=CC(C(F)(F)F)=NC1. The Balaban J connectivity index is 2.66. The third kappa shape index (κ3) is 2.46. The Morgan fingerprint density at radius 1 is 1.46 bits per heavy atom. The van der Waals surface area contributed by atoms with E-state index in [1.807, 2.05) is 0 Å². The molecule has 0 aromatic rings. The minimum atomic E-state index is -4.48. The van der Waals surface area contributed by atoms with Gasteiger partial charge in [-0.1, -0.05) is 0 Å². The van der Waals surface area contributed by atoms with Crippen LogP contribution in [0.4, 0.5) is 13.2 Å². The highest BCUT2D eigenvalue weighted by Crippen LogP contribution is 2.20. The van der Waals surface area contributed by atoms with E-state index in [1.165, 1.54) is 0 Å². The Morgan fingerprint density at radius 3 is 2.38 bits per heavy atom. The average Bonchev–Trinajstić information content (AvgIpc) is 2.03. The van der Waals surface area contributed by atoms with Crippen LogP contribution in [-0.4, -0.2) is 40.7 Å². The van der Waals surface area contributed by atoms with Gasteiger partial charge in [-0.2, -0.15) is 13.2 Å². The van der Waals surface area contributed by atoms with Gasteiger partial charge in [-0.25, -0.2) is 0 Å².